The summed E-state index contributed by atoms with van der Waals surface area (Å²) in [6.07, 6.45) is 2.92. The van der Waals surface area contributed by atoms with Crippen LogP contribution in [-0.4, -0.2) is 50.8 Å². The van der Waals surface area contributed by atoms with Crippen molar-refractivity contribution in [3.8, 4) is 5.75 Å². The average Bonchev–Trinajstić information content (AvgIpc) is 3.04. The van der Waals surface area contributed by atoms with Crippen LogP contribution in [0, 0.1) is 0 Å². The second kappa shape index (κ2) is 9.70. The molecule has 1 N–H and O–H groups in total. The molecule has 9 heteroatoms. The Morgan fingerprint density at radius 2 is 2.19 bits per heavy atom. The van der Waals surface area contributed by atoms with E-state index in [-0.39, 0.29) is 22.8 Å². The Labute approximate surface area is 163 Å². The normalized spacial score (nSPS) is 18.4. The van der Waals surface area contributed by atoms with Crippen LogP contribution in [0.2, 0.25) is 0 Å². The topological polar surface area (TPSA) is 81.9 Å². The van der Waals surface area contributed by atoms with Crippen LogP contribution in [0.15, 0.2) is 29.8 Å². The first-order valence-electron chi connectivity index (χ1n) is 8.13. The van der Waals surface area contributed by atoms with Gasteiger partial charge in [-0.15, -0.1) is 17.5 Å². The summed E-state index contributed by atoms with van der Waals surface area (Å²) in [4.78, 5) is 11.5. The Balaban J connectivity index is 0.00000243. The highest BCUT2D eigenvalue weighted by Gasteiger charge is 2.21. The zero-order valence-electron chi connectivity index (χ0n) is 14.7. The van der Waals surface area contributed by atoms with Gasteiger partial charge in [0, 0.05) is 18.7 Å². The number of methoxy groups -OCH3 is 1. The third-order valence-electron chi connectivity index (χ3n) is 4.00. The van der Waals surface area contributed by atoms with Crippen molar-refractivity contribution in [1.82, 2.24) is 25.5 Å². The lowest BCUT2D eigenvalue weighted by molar-refractivity contribution is -0.109. The minimum atomic E-state index is 0. The molecule has 26 heavy (non-hydrogen) atoms. The zero-order chi connectivity index (χ0) is 17.6. The summed E-state index contributed by atoms with van der Waals surface area (Å²) in [5.74, 6) is 1.52. The van der Waals surface area contributed by atoms with E-state index in [1.165, 1.54) is 11.8 Å². The van der Waals surface area contributed by atoms with Gasteiger partial charge >= 0.3 is 0 Å². The van der Waals surface area contributed by atoms with Gasteiger partial charge in [0.2, 0.25) is 0 Å². The van der Waals surface area contributed by atoms with Crippen LogP contribution in [0.25, 0.3) is 6.08 Å². The molecule has 1 aromatic heterocycles. The second-order valence-electron chi connectivity index (χ2n) is 5.83. The highest BCUT2D eigenvalue weighted by Crippen LogP contribution is 2.26. The molecule has 0 bridgehead atoms. The number of tetrazole rings is 1. The van der Waals surface area contributed by atoms with E-state index in [0.29, 0.717) is 12.4 Å². The van der Waals surface area contributed by atoms with Crippen molar-refractivity contribution in [2.24, 2.45) is 0 Å². The van der Waals surface area contributed by atoms with E-state index in [4.69, 9.17) is 4.74 Å². The zero-order valence-corrected chi connectivity index (χ0v) is 16.3. The molecule has 1 saturated heterocycles. The number of benzene rings is 1. The second-order valence-corrected chi connectivity index (χ2v) is 7.21. The molecule has 1 aliphatic heterocycles. The number of carbonyl (C=O) groups excluding carboxylic acids is 1. The van der Waals surface area contributed by atoms with Gasteiger partial charge in [-0.1, -0.05) is 23.9 Å². The number of rotatable bonds is 5. The molecule has 3 rings (SSSR count). The fourth-order valence-electron chi connectivity index (χ4n) is 2.74. The predicted molar refractivity (Wildman–Crippen MR) is 105 cm³/mol. The number of thioether (sulfide) groups is 1. The molecule has 0 spiro atoms. The van der Waals surface area contributed by atoms with Crippen molar-refractivity contribution in [3.05, 3.63) is 41.2 Å². The maximum absolute atomic E-state index is 11.5. The smallest absolute Gasteiger partial charge is 0.186 e. The third kappa shape index (κ3) is 5.30. The van der Waals surface area contributed by atoms with Crippen LogP contribution in [0.1, 0.15) is 24.7 Å². The Morgan fingerprint density at radius 1 is 1.42 bits per heavy atom. The summed E-state index contributed by atoms with van der Waals surface area (Å²) >= 11 is 1.38. The average molecular weight is 396 g/mol. The number of hydrogen-bond donors (Lipinski definition) is 1. The molecule has 1 unspecified atom stereocenters. The maximum Gasteiger partial charge on any atom is 0.186 e. The number of halogens is 1. The lowest BCUT2D eigenvalue weighted by Crippen LogP contribution is -2.32. The molecule has 1 atom stereocenters. The maximum atomic E-state index is 11.5. The Bertz CT molecular complexity index is 763. The summed E-state index contributed by atoms with van der Waals surface area (Å²) < 4.78 is 6.94. The van der Waals surface area contributed by atoms with Gasteiger partial charge < -0.3 is 10.1 Å². The number of aromatic nitrogens is 4. The fourth-order valence-corrected chi connectivity index (χ4v) is 3.68. The van der Waals surface area contributed by atoms with Gasteiger partial charge in [-0.3, -0.25) is 4.79 Å². The van der Waals surface area contributed by atoms with Crippen molar-refractivity contribution in [2.75, 3.05) is 20.2 Å². The first kappa shape index (κ1) is 20.4. The van der Waals surface area contributed by atoms with Crippen LogP contribution < -0.4 is 10.1 Å². The molecule has 0 radical (unpaired) electrons. The van der Waals surface area contributed by atoms with Crippen molar-refractivity contribution in [2.45, 2.75) is 25.1 Å². The minimum Gasteiger partial charge on any atom is -0.497 e. The van der Waals surface area contributed by atoms with E-state index in [0.717, 1.165) is 36.4 Å². The molecule has 7 nitrogen and oxygen atoms in total. The molecule has 1 aliphatic rings. The molecule has 0 amide bonds. The Hall–Kier alpha value is -1.90. The van der Waals surface area contributed by atoms with E-state index in [1.807, 2.05) is 30.3 Å². The minimum absolute atomic E-state index is 0. The first-order valence-corrected chi connectivity index (χ1v) is 9.01. The van der Waals surface area contributed by atoms with Gasteiger partial charge in [-0.2, -0.15) is 0 Å². The van der Waals surface area contributed by atoms with Crippen molar-refractivity contribution in [3.63, 3.8) is 0 Å². The predicted octanol–water partition coefficient (Wildman–Crippen LogP) is 2.18. The molecular formula is C17H22ClN5O2S. The summed E-state index contributed by atoms with van der Waals surface area (Å²) in [5, 5.41) is 15.7. The van der Waals surface area contributed by atoms with Gasteiger partial charge in [-0.25, -0.2) is 4.68 Å². The number of nitrogens with one attached hydrogen (secondary N) is 1. The Morgan fingerprint density at radius 3 is 2.88 bits per heavy atom. The molecule has 1 aromatic carbocycles. The van der Waals surface area contributed by atoms with E-state index in [1.54, 1.807) is 18.7 Å². The molecule has 140 valence electrons. The largest absolute Gasteiger partial charge is 0.497 e. The SMILES string of the molecule is COc1ccc(Cn2nnnc2/C=C2/CNCCC2SC(C)=O)cc1.Cl. The standard InChI is InChI=1S/C17H21N5O2S.ClH/c1-12(23)25-16-7-8-18-10-14(16)9-17-19-20-21-22(17)11-13-3-5-15(24-2)6-4-13;/h3-6,9,16,18H,7-8,10-11H2,1-2H3;1H/b14-9-;. The van der Waals surface area contributed by atoms with Crippen LogP contribution in [0.4, 0.5) is 0 Å². The monoisotopic (exact) mass is 395 g/mol. The van der Waals surface area contributed by atoms with Crippen molar-refractivity contribution in [1.29, 1.82) is 0 Å². The van der Waals surface area contributed by atoms with Crippen molar-refractivity contribution < 1.29 is 9.53 Å². The van der Waals surface area contributed by atoms with Crippen LogP contribution in [-0.2, 0) is 11.3 Å². The van der Waals surface area contributed by atoms with E-state index in [9.17, 15) is 4.79 Å². The molecule has 0 aliphatic carbocycles. The number of piperidine rings is 1. The quantitative estimate of drug-likeness (QED) is 0.830. The lowest BCUT2D eigenvalue weighted by Gasteiger charge is -2.24. The number of nitrogens with zero attached hydrogens (tertiary/aromatic N) is 4. The fraction of sp³-hybridized carbons (Fsp3) is 0.412. The Kier molecular flexibility index (Phi) is 7.62. The van der Waals surface area contributed by atoms with Gasteiger partial charge in [0.25, 0.3) is 0 Å². The molecule has 2 heterocycles. The highest BCUT2D eigenvalue weighted by atomic mass is 35.5. The van der Waals surface area contributed by atoms with E-state index < -0.39 is 0 Å². The van der Waals surface area contributed by atoms with Crippen LogP contribution >= 0.6 is 24.2 Å². The number of carbonyl (C=O) groups is 1. The highest BCUT2D eigenvalue weighted by molar-refractivity contribution is 8.14. The van der Waals surface area contributed by atoms with Gasteiger partial charge in [0.15, 0.2) is 10.9 Å². The van der Waals surface area contributed by atoms with Gasteiger partial charge in [0.1, 0.15) is 5.75 Å². The summed E-state index contributed by atoms with van der Waals surface area (Å²) in [6.45, 7) is 3.85. The van der Waals surface area contributed by atoms with Gasteiger partial charge in [0.05, 0.1) is 13.7 Å². The van der Waals surface area contributed by atoms with Gasteiger partial charge in [-0.05, 0) is 52.7 Å². The molecule has 2 aromatic rings. The molecule has 0 saturated carbocycles. The summed E-state index contributed by atoms with van der Waals surface area (Å²) in [7, 11) is 1.65. The van der Waals surface area contributed by atoms with E-state index in [2.05, 4.69) is 20.8 Å². The third-order valence-corrected chi connectivity index (χ3v) is 5.15. The van der Waals surface area contributed by atoms with Crippen molar-refractivity contribution >= 4 is 35.4 Å². The summed E-state index contributed by atoms with van der Waals surface area (Å²) in [6, 6.07) is 7.83. The van der Waals surface area contributed by atoms with Crippen LogP contribution in [0.5, 0.6) is 5.75 Å². The number of hydrogen-bond acceptors (Lipinski definition) is 7. The molecular weight excluding hydrogens is 374 g/mol. The van der Waals surface area contributed by atoms with Crippen LogP contribution in [0.3, 0.4) is 0 Å². The molecule has 1 fully saturated rings. The number of ether oxygens (including phenoxy) is 1. The lowest BCUT2D eigenvalue weighted by atomic mass is 10.1. The van der Waals surface area contributed by atoms with E-state index >= 15 is 0 Å². The summed E-state index contributed by atoms with van der Waals surface area (Å²) in [5.41, 5.74) is 2.24. The first-order chi connectivity index (χ1) is 12.2.